The first-order chi connectivity index (χ1) is 18.4. The first-order valence-corrected chi connectivity index (χ1v) is 13.2. The number of ether oxygens (including phenoxy) is 1. The molecule has 2 rings (SSSR count). The Kier molecular flexibility index (Phi) is 14.5. The zero-order valence-corrected chi connectivity index (χ0v) is 23.4. The maximum absolute atomic E-state index is 12.4. The predicted octanol–water partition coefficient (Wildman–Crippen LogP) is 8.57. The van der Waals surface area contributed by atoms with Gasteiger partial charge in [-0.15, -0.1) is 13.2 Å². The van der Waals surface area contributed by atoms with Crippen LogP contribution < -0.4 is 10.1 Å². The summed E-state index contributed by atoms with van der Waals surface area (Å²) in [6.45, 7) is 12.8. The molecule has 0 aliphatic heterocycles. The first-order valence-electron chi connectivity index (χ1n) is 13.2. The number of hydrogen-bond donors (Lipinski definition) is 2. The number of Topliss-reactive ketones (excluding diaryl/α,β-unsaturated/α-hetero) is 1. The van der Waals surface area contributed by atoms with E-state index in [0.29, 0.717) is 30.3 Å². The zero-order valence-electron chi connectivity index (χ0n) is 23.4. The quantitative estimate of drug-likeness (QED) is 0.192. The van der Waals surface area contributed by atoms with Crippen LogP contribution in [0.15, 0.2) is 55.0 Å². The van der Waals surface area contributed by atoms with Crippen molar-refractivity contribution >= 4 is 22.9 Å². The predicted molar refractivity (Wildman–Crippen MR) is 148 cm³/mol. The number of nitrogens with zero attached hydrogens (tertiary/aromatic N) is 1. The van der Waals surface area contributed by atoms with E-state index < -0.39 is 18.0 Å². The summed E-state index contributed by atoms with van der Waals surface area (Å²) in [5, 5.41) is 12.8. The molecule has 2 N–H and O–H groups in total. The van der Waals surface area contributed by atoms with Crippen molar-refractivity contribution in [3.63, 3.8) is 0 Å². The molecule has 0 radical (unpaired) electrons. The lowest BCUT2D eigenvalue weighted by molar-refractivity contribution is -0.274. The molecular formula is C30H40F4N2O3. The van der Waals surface area contributed by atoms with Gasteiger partial charge >= 0.3 is 6.36 Å². The van der Waals surface area contributed by atoms with E-state index in [1.165, 1.54) is 29.8 Å². The molecule has 0 saturated heterocycles. The molecule has 9 heteroatoms. The van der Waals surface area contributed by atoms with Crippen molar-refractivity contribution in [1.29, 1.82) is 0 Å². The van der Waals surface area contributed by atoms with Crippen molar-refractivity contribution in [3.8, 4) is 5.75 Å². The van der Waals surface area contributed by atoms with Gasteiger partial charge in [0.05, 0.1) is 0 Å². The van der Waals surface area contributed by atoms with Crippen LogP contribution >= 0.6 is 0 Å². The molecule has 0 fully saturated rings. The number of alkyl halides is 3. The van der Waals surface area contributed by atoms with E-state index in [0.717, 1.165) is 30.4 Å². The molecule has 216 valence electrons. The summed E-state index contributed by atoms with van der Waals surface area (Å²) in [6, 6.07) is 7.47. The van der Waals surface area contributed by atoms with Crippen LogP contribution in [0.1, 0.15) is 71.4 Å². The van der Waals surface area contributed by atoms with Crippen molar-refractivity contribution < 1.29 is 32.2 Å². The molecule has 1 aromatic heterocycles. The number of ketones is 1. The van der Waals surface area contributed by atoms with E-state index in [2.05, 4.69) is 48.5 Å². The fourth-order valence-corrected chi connectivity index (χ4v) is 4.00. The van der Waals surface area contributed by atoms with Gasteiger partial charge in [-0.05, 0) is 79.5 Å². The van der Waals surface area contributed by atoms with Gasteiger partial charge in [0.25, 0.3) is 0 Å². The molecule has 2 aromatic rings. The van der Waals surface area contributed by atoms with E-state index >= 15 is 0 Å². The van der Waals surface area contributed by atoms with Gasteiger partial charge in [0.15, 0.2) is 11.6 Å². The van der Waals surface area contributed by atoms with Crippen molar-refractivity contribution in [2.75, 3.05) is 11.9 Å². The molecule has 0 saturated carbocycles. The Bertz CT molecular complexity index is 1080. The summed E-state index contributed by atoms with van der Waals surface area (Å²) < 4.78 is 53.1. The highest BCUT2D eigenvalue weighted by Crippen LogP contribution is 2.37. The van der Waals surface area contributed by atoms with Crippen LogP contribution in [-0.4, -0.2) is 28.8 Å². The minimum atomic E-state index is -4.72. The van der Waals surface area contributed by atoms with E-state index in [1.807, 2.05) is 13.0 Å². The van der Waals surface area contributed by atoms with Crippen LogP contribution in [0.4, 0.5) is 29.1 Å². The van der Waals surface area contributed by atoms with Crippen LogP contribution in [0.2, 0.25) is 0 Å². The summed E-state index contributed by atoms with van der Waals surface area (Å²) in [5.74, 6) is -0.838. The highest BCUT2D eigenvalue weighted by molar-refractivity contribution is 5.94. The number of carbonyl (C=O) groups is 1. The monoisotopic (exact) mass is 552 g/mol. The Balaban J connectivity index is 0.000000724. The average Bonchev–Trinajstić information content (AvgIpc) is 2.89. The topological polar surface area (TPSA) is 71.5 Å². The lowest BCUT2D eigenvalue weighted by Crippen LogP contribution is -2.17. The standard InChI is InChI=1S/C23H29F3N2O2.C7H11FO/c1-4-7-20(16(5-2)6-3)21-17(13-15-29)12-14-27-22(21)28-18-8-10-19(11-9-18)30-23(24,25)26;1-4-5(2)7(9)6(3)8/h7-12,14,16,29H,4-6,13,15H2,1-3H3,(H,27,28);5H,3-4H2,1-2H3/b20-7+;. The van der Waals surface area contributed by atoms with Gasteiger partial charge in [-0.2, -0.15) is 0 Å². The van der Waals surface area contributed by atoms with Gasteiger partial charge in [0.2, 0.25) is 0 Å². The van der Waals surface area contributed by atoms with Crippen molar-refractivity contribution in [2.45, 2.75) is 73.1 Å². The Morgan fingerprint density at radius 3 is 2.15 bits per heavy atom. The molecule has 1 atom stereocenters. The molecule has 1 aromatic carbocycles. The van der Waals surface area contributed by atoms with E-state index in [4.69, 9.17) is 0 Å². The summed E-state index contributed by atoms with van der Waals surface area (Å²) in [7, 11) is 0. The molecule has 5 nitrogen and oxygen atoms in total. The van der Waals surface area contributed by atoms with Crippen molar-refractivity contribution in [2.24, 2.45) is 11.8 Å². The third-order valence-corrected chi connectivity index (χ3v) is 6.23. The molecule has 0 bridgehead atoms. The molecule has 39 heavy (non-hydrogen) atoms. The van der Waals surface area contributed by atoms with Gasteiger partial charge in [0.1, 0.15) is 11.6 Å². The Labute approximate surface area is 229 Å². The normalized spacial score (nSPS) is 12.4. The number of rotatable bonds is 13. The molecule has 1 heterocycles. The number of aromatic nitrogens is 1. The Morgan fingerprint density at radius 1 is 1.10 bits per heavy atom. The number of allylic oxidation sites excluding steroid dienone is 3. The summed E-state index contributed by atoms with van der Waals surface area (Å²) in [5.41, 5.74) is 3.72. The number of halogens is 4. The molecule has 0 aliphatic carbocycles. The lowest BCUT2D eigenvalue weighted by atomic mass is 9.85. The summed E-state index contributed by atoms with van der Waals surface area (Å²) >= 11 is 0. The maximum Gasteiger partial charge on any atom is 0.573 e. The second-order valence-electron chi connectivity index (χ2n) is 9.02. The fourth-order valence-electron chi connectivity index (χ4n) is 4.00. The van der Waals surface area contributed by atoms with Crippen LogP contribution in [0.25, 0.3) is 5.57 Å². The van der Waals surface area contributed by atoms with Gasteiger partial charge in [0, 0.05) is 30.0 Å². The molecule has 0 amide bonds. The van der Waals surface area contributed by atoms with Crippen molar-refractivity contribution in [1.82, 2.24) is 4.98 Å². The Morgan fingerprint density at radius 2 is 1.72 bits per heavy atom. The highest BCUT2D eigenvalue weighted by atomic mass is 19.4. The van der Waals surface area contributed by atoms with Crippen LogP contribution in [0, 0.1) is 11.8 Å². The van der Waals surface area contributed by atoms with Crippen LogP contribution in [0.5, 0.6) is 5.75 Å². The molecule has 0 spiro atoms. The van der Waals surface area contributed by atoms with Crippen molar-refractivity contribution in [3.05, 3.63) is 66.1 Å². The number of anilines is 2. The number of carbonyl (C=O) groups excluding carboxylic acids is 1. The fraction of sp³-hybridized carbons (Fsp3) is 0.467. The number of aliphatic hydroxyl groups is 1. The van der Waals surface area contributed by atoms with Gasteiger partial charge in [-0.25, -0.2) is 9.37 Å². The van der Waals surface area contributed by atoms with Gasteiger partial charge in [-0.1, -0.05) is 47.3 Å². The molecule has 1 unspecified atom stereocenters. The minimum absolute atomic E-state index is 0.0161. The van der Waals surface area contributed by atoms with Gasteiger partial charge in [-0.3, -0.25) is 4.79 Å². The third kappa shape index (κ3) is 11.2. The third-order valence-electron chi connectivity index (χ3n) is 6.23. The largest absolute Gasteiger partial charge is 0.573 e. The number of aliphatic hydroxyl groups excluding tert-OH is 1. The number of hydrogen-bond acceptors (Lipinski definition) is 5. The number of pyridine rings is 1. The van der Waals surface area contributed by atoms with E-state index in [-0.39, 0.29) is 18.3 Å². The number of nitrogens with one attached hydrogen (secondary N) is 1. The highest BCUT2D eigenvalue weighted by Gasteiger charge is 2.31. The maximum atomic E-state index is 12.4. The summed E-state index contributed by atoms with van der Waals surface area (Å²) in [6.07, 6.45) is 3.11. The van der Waals surface area contributed by atoms with Gasteiger partial charge < -0.3 is 15.2 Å². The zero-order chi connectivity index (χ0) is 29.6. The smallest absolute Gasteiger partial charge is 0.406 e. The van der Waals surface area contributed by atoms with Crippen LogP contribution in [0.3, 0.4) is 0 Å². The van der Waals surface area contributed by atoms with E-state index in [1.54, 1.807) is 13.1 Å². The first kappa shape index (κ1) is 33.8. The molecular weight excluding hydrogens is 512 g/mol. The Hall–Kier alpha value is -3.20. The summed E-state index contributed by atoms with van der Waals surface area (Å²) in [4.78, 5) is 15.1. The second-order valence-corrected chi connectivity index (χ2v) is 9.02. The molecule has 0 aliphatic rings. The minimum Gasteiger partial charge on any atom is -0.406 e. The van der Waals surface area contributed by atoms with Crippen LogP contribution in [-0.2, 0) is 11.2 Å². The lowest BCUT2D eigenvalue weighted by Gasteiger charge is -2.23. The average molecular weight is 553 g/mol. The number of benzene rings is 1. The SMILES string of the molecule is C=C(F)C(=O)C(C)CC.CC/C=C(/c1c(CCO)ccnc1Nc1ccc(OC(F)(F)F)cc1)C(CC)CC. The van der Waals surface area contributed by atoms with E-state index in [9.17, 15) is 27.5 Å². The second kappa shape index (κ2) is 16.7.